The zero-order valence-electron chi connectivity index (χ0n) is 14.6. The van der Waals surface area contributed by atoms with E-state index >= 15 is 0 Å². The Bertz CT molecular complexity index is 772. The molecule has 132 valence electrons. The molecule has 0 radical (unpaired) electrons. The summed E-state index contributed by atoms with van der Waals surface area (Å²) in [4.78, 5) is 11.8. The molecule has 0 fully saturated rings. The van der Waals surface area contributed by atoms with Crippen LogP contribution in [0.25, 0.3) is 0 Å². The Labute approximate surface area is 147 Å². The quantitative estimate of drug-likeness (QED) is 0.599. The second kappa shape index (κ2) is 8.73. The van der Waals surface area contributed by atoms with E-state index < -0.39 is 0 Å². The number of carbonyl (C=O) groups excluding carboxylic acids is 1. The average molecular weight is 342 g/mol. The summed E-state index contributed by atoms with van der Waals surface area (Å²) in [6.07, 6.45) is 1.47. The van der Waals surface area contributed by atoms with Crippen molar-refractivity contribution in [3.05, 3.63) is 53.1 Å². The molecule has 2 aromatic rings. The summed E-state index contributed by atoms with van der Waals surface area (Å²) in [7, 11) is 0. The molecule has 0 aliphatic carbocycles. The highest BCUT2D eigenvalue weighted by atomic mass is 16.5. The molecule has 0 aliphatic heterocycles. The minimum atomic E-state index is -0.363. The zero-order chi connectivity index (χ0) is 18.2. The van der Waals surface area contributed by atoms with Crippen molar-refractivity contribution in [2.75, 3.05) is 13.2 Å². The minimum Gasteiger partial charge on any atom is -0.504 e. The maximum absolute atomic E-state index is 11.8. The van der Waals surface area contributed by atoms with Gasteiger partial charge in [-0.05, 0) is 67.8 Å². The lowest BCUT2D eigenvalue weighted by atomic mass is 10.1. The molecule has 0 aliphatic rings. The van der Waals surface area contributed by atoms with E-state index in [-0.39, 0.29) is 18.3 Å². The molecule has 2 rings (SSSR count). The molecule has 0 heterocycles. The Morgan fingerprint density at radius 2 is 1.96 bits per heavy atom. The van der Waals surface area contributed by atoms with E-state index in [1.54, 1.807) is 12.1 Å². The number of hydrogen-bond donors (Lipinski definition) is 2. The zero-order valence-corrected chi connectivity index (χ0v) is 14.6. The maximum Gasteiger partial charge on any atom is 0.277 e. The molecule has 1 amide bonds. The van der Waals surface area contributed by atoms with Crippen LogP contribution in [0.3, 0.4) is 0 Å². The smallest absolute Gasteiger partial charge is 0.277 e. The molecule has 0 atom stereocenters. The molecular formula is C19H22N2O4. The molecule has 25 heavy (non-hydrogen) atoms. The van der Waals surface area contributed by atoms with Crippen LogP contribution in [0.15, 0.2) is 41.5 Å². The van der Waals surface area contributed by atoms with Gasteiger partial charge in [0.05, 0.1) is 12.8 Å². The lowest BCUT2D eigenvalue weighted by Gasteiger charge is -2.07. The third-order valence-corrected chi connectivity index (χ3v) is 3.53. The van der Waals surface area contributed by atoms with Gasteiger partial charge in [-0.2, -0.15) is 5.10 Å². The van der Waals surface area contributed by atoms with Crippen molar-refractivity contribution < 1.29 is 19.4 Å². The number of phenols is 1. The molecule has 0 saturated heterocycles. The van der Waals surface area contributed by atoms with Gasteiger partial charge in [0.25, 0.3) is 5.91 Å². The Balaban J connectivity index is 1.85. The second-order valence-electron chi connectivity index (χ2n) is 5.49. The molecule has 6 nitrogen and oxygen atoms in total. The summed E-state index contributed by atoms with van der Waals surface area (Å²) in [6, 6.07) is 10.5. The SMILES string of the molecule is CCOc1cc(/C=N/NC(=O)COc2ccc(C)c(C)c2)ccc1O. The molecular weight excluding hydrogens is 320 g/mol. The lowest BCUT2D eigenvalue weighted by Crippen LogP contribution is -2.24. The first-order valence-corrected chi connectivity index (χ1v) is 7.97. The largest absolute Gasteiger partial charge is 0.504 e. The van der Waals surface area contributed by atoms with Crippen molar-refractivity contribution in [3.8, 4) is 17.2 Å². The fourth-order valence-electron chi connectivity index (χ4n) is 2.05. The number of rotatable bonds is 7. The molecule has 0 bridgehead atoms. The van der Waals surface area contributed by atoms with Crippen molar-refractivity contribution in [2.45, 2.75) is 20.8 Å². The highest BCUT2D eigenvalue weighted by Crippen LogP contribution is 2.26. The van der Waals surface area contributed by atoms with Crippen LogP contribution in [0.5, 0.6) is 17.2 Å². The van der Waals surface area contributed by atoms with Crippen LogP contribution in [0.4, 0.5) is 0 Å². The van der Waals surface area contributed by atoms with Crippen molar-refractivity contribution in [1.82, 2.24) is 5.43 Å². The van der Waals surface area contributed by atoms with Gasteiger partial charge < -0.3 is 14.6 Å². The van der Waals surface area contributed by atoms with Crippen LogP contribution in [0.2, 0.25) is 0 Å². The number of ether oxygens (including phenoxy) is 2. The Morgan fingerprint density at radius 1 is 1.16 bits per heavy atom. The first-order valence-electron chi connectivity index (χ1n) is 7.97. The first-order chi connectivity index (χ1) is 12.0. The molecule has 0 unspecified atom stereocenters. The molecule has 0 saturated carbocycles. The third-order valence-electron chi connectivity index (χ3n) is 3.53. The van der Waals surface area contributed by atoms with Crippen LogP contribution in [0, 0.1) is 13.8 Å². The monoisotopic (exact) mass is 342 g/mol. The van der Waals surface area contributed by atoms with Gasteiger partial charge in [0.2, 0.25) is 0 Å². The third kappa shape index (κ3) is 5.53. The number of amides is 1. The van der Waals surface area contributed by atoms with Gasteiger partial charge in [-0.3, -0.25) is 4.79 Å². The predicted octanol–water partition coefficient (Wildman–Crippen LogP) is 2.94. The van der Waals surface area contributed by atoms with E-state index in [2.05, 4.69) is 10.5 Å². The number of carbonyl (C=O) groups is 1. The lowest BCUT2D eigenvalue weighted by molar-refractivity contribution is -0.123. The van der Waals surface area contributed by atoms with Gasteiger partial charge in [0, 0.05) is 0 Å². The highest BCUT2D eigenvalue weighted by molar-refractivity contribution is 5.83. The highest BCUT2D eigenvalue weighted by Gasteiger charge is 2.04. The molecule has 2 N–H and O–H groups in total. The Hall–Kier alpha value is -3.02. The summed E-state index contributed by atoms with van der Waals surface area (Å²) in [5.41, 5.74) is 5.36. The summed E-state index contributed by atoms with van der Waals surface area (Å²) in [5.74, 6) is 0.709. The number of aryl methyl sites for hydroxylation is 2. The van der Waals surface area contributed by atoms with E-state index in [9.17, 15) is 9.90 Å². The molecule has 6 heteroatoms. The fraction of sp³-hybridized carbons (Fsp3) is 0.263. The molecule has 2 aromatic carbocycles. The normalized spacial score (nSPS) is 10.7. The number of aromatic hydroxyl groups is 1. The van der Waals surface area contributed by atoms with Gasteiger partial charge in [-0.15, -0.1) is 0 Å². The summed E-state index contributed by atoms with van der Waals surface area (Å²) >= 11 is 0. The Kier molecular flexibility index (Phi) is 6.39. The van der Waals surface area contributed by atoms with Crippen LogP contribution >= 0.6 is 0 Å². The molecule has 0 spiro atoms. The van der Waals surface area contributed by atoms with Crippen molar-refractivity contribution in [3.63, 3.8) is 0 Å². The summed E-state index contributed by atoms with van der Waals surface area (Å²) in [5, 5.41) is 13.5. The van der Waals surface area contributed by atoms with Crippen molar-refractivity contribution in [1.29, 1.82) is 0 Å². The second-order valence-corrected chi connectivity index (χ2v) is 5.49. The molecule has 0 aromatic heterocycles. The van der Waals surface area contributed by atoms with Gasteiger partial charge in [0.1, 0.15) is 5.75 Å². The average Bonchev–Trinajstić information content (AvgIpc) is 2.59. The fourth-order valence-corrected chi connectivity index (χ4v) is 2.05. The van der Waals surface area contributed by atoms with Gasteiger partial charge in [0.15, 0.2) is 18.1 Å². The standard InChI is InChI=1S/C19H22N2O4/c1-4-24-18-10-15(6-8-17(18)22)11-20-21-19(23)12-25-16-7-5-13(2)14(3)9-16/h5-11,22H,4,12H2,1-3H3,(H,21,23)/b20-11+. The number of benzene rings is 2. The van der Waals surface area contributed by atoms with Gasteiger partial charge in [-0.1, -0.05) is 6.07 Å². The minimum absolute atomic E-state index is 0.0600. The van der Waals surface area contributed by atoms with Crippen LogP contribution in [-0.4, -0.2) is 30.4 Å². The number of hydrazone groups is 1. The Morgan fingerprint density at radius 3 is 2.68 bits per heavy atom. The van der Waals surface area contributed by atoms with Crippen molar-refractivity contribution in [2.24, 2.45) is 5.10 Å². The van der Waals surface area contributed by atoms with Crippen molar-refractivity contribution >= 4 is 12.1 Å². The number of phenolic OH excluding ortho intramolecular Hbond substituents is 1. The van der Waals surface area contributed by atoms with Gasteiger partial charge in [-0.25, -0.2) is 5.43 Å². The van der Waals surface area contributed by atoms with E-state index in [0.717, 1.165) is 5.56 Å². The first kappa shape index (κ1) is 18.3. The predicted molar refractivity (Wildman–Crippen MR) is 96.4 cm³/mol. The van der Waals surface area contributed by atoms with E-state index in [0.29, 0.717) is 23.7 Å². The van der Waals surface area contributed by atoms with E-state index in [1.807, 2.05) is 39.0 Å². The topological polar surface area (TPSA) is 80.2 Å². The van der Waals surface area contributed by atoms with Crippen LogP contribution in [-0.2, 0) is 4.79 Å². The van der Waals surface area contributed by atoms with E-state index in [1.165, 1.54) is 17.8 Å². The van der Waals surface area contributed by atoms with E-state index in [4.69, 9.17) is 9.47 Å². The number of hydrogen-bond acceptors (Lipinski definition) is 5. The summed E-state index contributed by atoms with van der Waals surface area (Å²) in [6.45, 7) is 6.15. The number of nitrogens with one attached hydrogen (secondary N) is 1. The van der Waals surface area contributed by atoms with Gasteiger partial charge >= 0.3 is 0 Å². The maximum atomic E-state index is 11.8. The summed E-state index contributed by atoms with van der Waals surface area (Å²) < 4.78 is 10.7. The van der Waals surface area contributed by atoms with Crippen LogP contribution in [0.1, 0.15) is 23.6 Å². The van der Waals surface area contributed by atoms with Crippen LogP contribution < -0.4 is 14.9 Å². The number of nitrogens with zero attached hydrogens (tertiary/aromatic N) is 1.